The molecule has 1 spiro atoms. The van der Waals surface area contributed by atoms with Crippen molar-refractivity contribution in [3.63, 3.8) is 0 Å². The van der Waals surface area contributed by atoms with Crippen LogP contribution in [0, 0.1) is 0 Å². The third-order valence-electron chi connectivity index (χ3n) is 4.42. The van der Waals surface area contributed by atoms with Gasteiger partial charge in [-0.2, -0.15) is 5.10 Å². The van der Waals surface area contributed by atoms with Gasteiger partial charge in [0, 0.05) is 25.4 Å². The zero-order chi connectivity index (χ0) is 14.8. The molecule has 5 heteroatoms. The molecule has 2 fully saturated rings. The molecule has 1 aromatic carbocycles. The standard InChI is InChI=1S/C17H21N3O2/c1-7-17(21-11-12-22-17)14-19(9-1)13-15-3-5-16(6-4-15)20-10-2-8-18-20/h2-6,8,10H,1,7,9,11-14H2. The van der Waals surface area contributed by atoms with E-state index in [0.717, 1.165) is 51.4 Å². The van der Waals surface area contributed by atoms with Crippen molar-refractivity contribution in [2.24, 2.45) is 0 Å². The molecule has 0 aliphatic carbocycles. The Labute approximate surface area is 130 Å². The van der Waals surface area contributed by atoms with Gasteiger partial charge in [-0.05, 0) is 36.7 Å². The van der Waals surface area contributed by atoms with E-state index in [1.54, 1.807) is 6.20 Å². The van der Waals surface area contributed by atoms with Crippen molar-refractivity contribution >= 4 is 0 Å². The summed E-state index contributed by atoms with van der Waals surface area (Å²) in [4.78, 5) is 2.43. The molecule has 22 heavy (non-hydrogen) atoms. The highest BCUT2D eigenvalue weighted by Crippen LogP contribution is 2.30. The summed E-state index contributed by atoms with van der Waals surface area (Å²) in [5.41, 5.74) is 2.40. The molecule has 0 atom stereocenters. The van der Waals surface area contributed by atoms with E-state index < -0.39 is 0 Å². The minimum Gasteiger partial charge on any atom is -0.346 e. The fraction of sp³-hybridized carbons (Fsp3) is 0.471. The van der Waals surface area contributed by atoms with Gasteiger partial charge in [0.05, 0.1) is 25.4 Å². The SMILES string of the molecule is c1cnn(-c2ccc(CN3CCCC4(C3)OCCO4)cc2)c1. The first-order chi connectivity index (χ1) is 10.8. The van der Waals surface area contributed by atoms with Crippen LogP contribution in [-0.2, 0) is 16.0 Å². The molecule has 2 aliphatic heterocycles. The van der Waals surface area contributed by atoms with Crippen LogP contribution in [-0.4, -0.2) is 46.8 Å². The van der Waals surface area contributed by atoms with Crippen LogP contribution in [0.4, 0.5) is 0 Å². The molecule has 2 aliphatic rings. The van der Waals surface area contributed by atoms with Gasteiger partial charge in [0.2, 0.25) is 0 Å². The minimum atomic E-state index is -0.340. The molecule has 4 rings (SSSR count). The first-order valence-corrected chi connectivity index (χ1v) is 7.92. The van der Waals surface area contributed by atoms with Crippen molar-refractivity contribution in [1.29, 1.82) is 0 Å². The summed E-state index contributed by atoms with van der Waals surface area (Å²) >= 11 is 0. The van der Waals surface area contributed by atoms with Crippen LogP contribution in [0.1, 0.15) is 18.4 Å². The zero-order valence-corrected chi connectivity index (χ0v) is 12.6. The van der Waals surface area contributed by atoms with E-state index in [1.165, 1.54) is 5.56 Å². The summed E-state index contributed by atoms with van der Waals surface area (Å²) < 4.78 is 13.6. The molecular weight excluding hydrogens is 278 g/mol. The second-order valence-corrected chi connectivity index (χ2v) is 6.04. The van der Waals surface area contributed by atoms with Crippen molar-refractivity contribution in [2.75, 3.05) is 26.3 Å². The average Bonchev–Trinajstić information content (AvgIpc) is 3.21. The fourth-order valence-electron chi connectivity index (χ4n) is 3.37. The van der Waals surface area contributed by atoms with Crippen LogP contribution >= 0.6 is 0 Å². The lowest BCUT2D eigenvalue weighted by molar-refractivity contribution is -0.190. The van der Waals surface area contributed by atoms with Crippen LogP contribution in [0.3, 0.4) is 0 Å². The number of benzene rings is 1. The Morgan fingerprint density at radius 1 is 1.14 bits per heavy atom. The number of hydrogen-bond acceptors (Lipinski definition) is 4. The number of ether oxygens (including phenoxy) is 2. The summed E-state index contributed by atoms with van der Waals surface area (Å²) in [7, 11) is 0. The van der Waals surface area contributed by atoms with Crippen molar-refractivity contribution < 1.29 is 9.47 Å². The Hall–Kier alpha value is -1.69. The second kappa shape index (κ2) is 5.83. The lowest BCUT2D eigenvalue weighted by Gasteiger charge is -2.38. The predicted molar refractivity (Wildman–Crippen MR) is 82.7 cm³/mol. The number of aromatic nitrogens is 2. The molecule has 2 saturated heterocycles. The summed E-state index contributed by atoms with van der Waals surface area (Å²) in [5, 5.41) is 4.25. The van der Waals surface area contributed by atoms with Crippen molar-refractivity contribution in [1.82, 2.24) is 14.7 Å². The highest BCUT2D eigenvalue weighted by Gasteiger charge is 2.40. The number of likely N-dealkylation sites (tertiary alicyclic amines) is 1. The van der Waals surface area contributed by atoms with Crippen LogP contribution in [0.15, 0.2) is 42.7 Å². The second-order valence-electron chi connectivity index (χ2n) is 6.04. The number of rotatable bonds is 3. The molecule has 3 heterocycles. The molecule has 0 unspecified atom stereocenters. The average molecular weight is 299 g/mol. The van der Waals surface area contributed by atoms with Crippen molar-refractivity contribution in [3.05, 3.63) is 48.3 Å². The van der Waals surface area contributed by atoms with Gasteiger partial charge >= 0.3 is 0 Å². The third-order valence-corrected chi connectivity index (χ3v) is 4.42. The van der Waals surface area contributed by atoms with E-state index in [4.69, 9.17) is 9.47 Å². The third kappa shape index (κ3) is 2.79. The van der Waals surface area contributed by atoms with E-state index in [1.807, 2.05) is 16.9 Å². The quantitative estimate of drug-likeness (QED) is 0.871. The summed E-state index contributed by atoms with van der Waals surface area (Å²) in [6.07, 6.45) is 5.90. The maximum atomic E-state index is 5.84. The predicted octanol–water partition coefficient (Wildman–Crippen LogP) is 2.21. The largest absolute Gasteiger partial charge is 0.346 e. The molecule has 1 aromatic heterocycles. The summed E-state index contributed by atoms with van der Waals surface area (Å²) in [6, 6.07) is 10.5. The van der Waals surface area contributed by atoms with Crippen LogP contribution in [0.5, 0.6) is 0 Å². The van der Waals surface area contributed by atoms with Gasteiger partial charge in [-0.1, -0.05) is 12.1 Å². The normalized spacial score (nSPS) is 21.5. The van der Waals surface area contributed by atoms with Crippen molar-refractivity contribution in [3.8, 4) is 5.69 Å². The van der Waals surface area contributed by atoms with Crippen LogP contribution < -0.4 is 0 Å². The van der Waals surface area contributed by atoms with Gasteiger partial charge in [0.25, 0.3) is 0 Å². The van der Waals surface area contributed by atoms with E-state index in [0.29, 0.717) is 0 Å². The lowest BCUT2D eigenvalue weighted by atomic mass is 10.0. The summed E-state index contributed by atoms with van der Waals surface area (Å²) in [6.45, 7) is 4.37. The van der Waals surface area contributed by atoms with Gasteiger partial charge in [-0.3, -0.25) is 4.90 Å². The topological polar surface area (TPSA) is 39.5 Å². The minimum absolute atomic E-state index is 0.340. The molecule has 116 valence electrons. The number of nitrogens with zero attached hydrogens (tertiary/aromatic N) is 3. The Balaban J connectivity index is 1.42. The van der Waals surface area contributed by atoms with Gasteiger partial charge in [-0.25, -0.2) is 4.68 Å². The molecule has 0 saturated carbocycles. The van der Waals surface area contributed by atoms with Gasteiger partial charge < -0.3 is 9.47 Å². The highest BCUT2D eigenvalue weighted by atomic mass is 16.7. The molecule has 5 nitrogen and oxygen atoms in total. The van der Waals surface area contributed by atoms with Crippen molar-refractivity contribution in [2.45, 2.75) is 25.2 Å². The van der Waals surface area contributed by atoms with Crippen LogP contribution in [0.25, 0.3) is 5.69 Å². The molecule has 2 aromatic rings. The first-order valence-electron chi connectivity index (χ1n) is 7.92. The molecule has 0 N–H and O–H groups in total. The highest BCUT2D eigenvalue weighted by molar-refractivity contribution is 5.33. The monoisotopic (exact) mass is 299 g/mol. The maximum absolute atomic E-state index is 5.84. The molecule has 0 bridgehead atoms. The Kier molecular flexibility index (Phi) is 3.70. The first kappa shape index (κ1) is 13.9. The Morgan fingerprint density at radius 2 is 1.95 bits per heavy atom. The Bertz CT molecular complexity index is 603. The van der Waals surface area contributed by atoms with Crippen LogP contribution in [0.2, 0.25) is 0 Å². The van der Waals surface area contributed by atoms with E-state index in [-0.39, 0.29) is 5.79 Å². The van der Waals surface area contributed by atoms with Gasteiger partial charge in [0.1, 0.15) is 0 Å². The molecule has 0 amide bonds. The number of hydrogen-bond donors (Lipinski definition) is 0. The zero-order valence-electron chi connectivity index (χ0n) is 12.6. The van der Waals surface area contributed by atoms with E-state index >= 15 is 0 Å². The lowest BCUT2D eigenvalue weighted by Crippen LogP contribution is -2.48. The van der Waals surface area contributed by atoms with E-state index in [9.17, 15) is 0 Å². The summed E-state index contributed by atoms with van der Waals surface area (Å²) in [5.74, 6) is -0.340. The van der Waals surface area contributed by atoms with Gasteiger partial charge in [-0.15, -0.1) is 0 Å². The Morgan fingerprint density at radius 3 is 2.68 bits per heavy atom. The van der Waals surface area contributed by atoms with Gasteiger partial charge in [0.15, 0.2) is 5.79 Å². The smallest absolute Gasteiger partial charge is 0.181 e. The maximum Gasteiger partial charge on any atom is 0.181 e. The van der Waals surface area contributed by atoms with E-state index in [2.05, 4.69) is 34.3 Å². The fourth-order valence-corrected chi connectivity index (χ4v) is 3.37. The molecular formula is C17H21N3O2. The molecule has 0 radical (unpaired) electrons. The number of piperidine rings is 1.